The normalized spacial score (nSPS) is 23.4. The molecule has 6 heterocycles. The number of amides is 1. The number of hydrogen-bond acceptors (Lipinski definition) is 8. The smallest absolute Gasteiger partial charge is 0.237 e. The van der Waals surface area contributed by atoms with Gasteiger partial charge >= 0.3 is 0 Å². The molecule has 194 valence electrons. The number of aromatic nitrogens is 5. The first-order valence-corrected chi connectivity index (χ1v) is 13.3. The van der Waals surface area contributed by atoms with Crippen LogP contribution in [0.25, 0.3) is 22.7 Å². The summed E-state index contributed by atoms with van der Waals surface area (Å²) in [6.45, 7) is 2.79. The van der Waals surface area contributed by atoms with E-state index in [0.29, 0.717) is 31.0 Å². The Bertz CT molecular complexity index is 1430. The van der Waals surface area contributed by atoms with Gasteiger partial charge in [0, 0.05) is 61.7 Å². The van der Waals surface area contributed by atoms with Crippen molar-refractivity contribution in [3.05, 3.63) is 66.6 Å². The topological polar surface area (TPSA) is 96.4 Å². The Kier molecular flexibility index (Phi) is 5.69. The van der Waals surface area contributed by atoms with Gasteiger partial charge in [-0.1, -0.05) is 24.3 Å². The van der Waals surface area contributed by atoms with Crippen LogP contribution in [0.1, 0.15) is 30.9 Å². The number of rotatable bonds is 5. The van der Waals surface area contributed by atoms with E-state index in [1.165, 1.54) is 0 Å². The molecule has 0 aromatic carbocycles. The van der Waals surface area contributed by atoms with Crippen LogP contribution in [0.2, 0.25) is 0 Å². The van der Waals surface area contributed by atoms with E-state index in [0.717, 1.165) is 60.6 Å². The summed E-state index contributed by atoms with van der Waals surface area (Å²) in [7, 11) is 1.82. The van der Waals surface area contributed by atoms with E-state index in [4.69, 9.17) is 9.40 Å². The maximum absolute atomic E-state index is 13.6. The molecular formula is C28H30N8O2. The van der Waals surface area contributed by atoms with Gasteiger partial charge in [0.25, 0.3) is 0 Å². The minimum absolute atomic E-state index is 0.000919. The van der Waals surface area contributed by atoms with Crippen molar-refractivity contribution in [2.45, 2.75) is 37.4 Å². The van der Waals surface area contributed by atoms with Crippen LogP contribution in [-0.4, -0.2) is 79.2 Å². The summed E-state index contributed by atoms with van der Waals surface area (Å²) in [5.41, 5.74) is 3.07. The maximum Gasteiger partial charge on any atom is 0.237 e. The van der Waals surface area contributed by atoms with Crippen molar-refractivity contribution >= 4 is 11.7 Å². The van der Waals surface area contributed by atoms with Gasteiger partial charge in [0.05, 0.1) is 18.8 Å². The molecule has 5 aliphatic rings. The van der Waals surface area contributed by atoms with Crippen LogP contribution >= 0.6 is 0 Å². The van der Waals surface area contributed by atoms with Gasteiger partial charge < -0.3 is 14.2 Å². The number of tetrazole rings is 1. The van der Waals surface area contributed by atoms with Gasteiger partial charge in [-0.2, -0.15) is 0 Å². The van der Waals surface area contributed by atoms with E-state index < -0.39 is 0 Å². The molecule has 2 aromatic heterocycles. The lowest BCUT2D eigenvalue weighted by atomic mass is 9.99. The summed E-state index contributed by atoms with van der Waals surface area (Å²) < 4.78 is 7.49. The molecule has 10 heteroatoms. The Morgan fingerprint density at radius 2 is 1.89 bits per heavy atom. The Morgan fingerprint density at radius 3 is 2.66 bits per heavy atom. The van der Waals surface area contributed by atoms with Crippen LogP contribution in [0, 0.1) is 0 Å². The number of pyridine rings is 1. The number of fused-ring (bicyclic) bond motifs is 3. The van der Waals surface area contributed by atoms with Crippen LogP contribution in [0.15, 0.2) is 65.4 Å². The lowest BCUT2D eigenvalue weighted by Crippen LogP contribution is -2.56. The van der Waals surface area contributed by atoms with Crippen molar-refractivity contribution in [2.75, 3.05) is 31.1 Å². The van der Waals surface area contributed by atoms with Gasteiger partial charge in [-0.3, -0.25) is 9.69 Å². The molecule has 1 aliphatic carbocycles. The zero-order valence-corrected chi connectivity index (χ0v) is 21.3. The third-order valence-electron chi connectivity index (χ3n) is 8.20. The lowest BCUT2D eigenvalue weighted by molar-refractivity contribution is -0.134. The quantitative estimate of drug-likeness (QED) is 0.378. The Morgan fingerprint density at radius 1 is 1.05 bits per heavy atom. The minimum atomic E-state index is 0.000919. The summed E-state index contributed by atoms with van der Waals surface area (Å²) in [5, 5.41) is 11.7. The zero-order valence-electron chi connectivity index (χ0n) is 21.3. The Balaban J connectivity index is 1.04. The number of anilines is 1. The third-order valence-corrected chi connectivity index (χ3v) is 8.20. The van der Waals surface area contributed by atoms with Crippen LogP contribution in [-0.2, 0) is 11.8 Å². The number of carbonyl (C=O) groups is 1. The SMILES string of the molecule is Cn1nnnc1-c1ccc(N2C3CCC2CN(CC(=O)N2CC=CCC2c2ccc4cccoc2-4)C3)nc1. The van der Waals surface area contributed by atoms with Gasteiger partial charge in [0.1, 0.15) is 11.6 Å². The fraction of sp³-hybridized carbons (Fsp3) is 0.393. The van der Waals surface area contributed by atoms with Crippen molar-refractivity contribution in [3.8, 4) is 22.7 Å². The molecule has 10 nitrogen and oxygen atoms in total. The number of nitrogens with zero attached hydrogens (tertiary/aromatic N) is 8. The van der Waals surface area contributed by atoms with Crippen LogP contribution in [0.5, 0.6) is 0 Å². The fourth-order valence-electron chi connectivity index (χ4n) is 6.44. The largest absolute Gasteiger partial charge is 0.464 e. The predicted octanol–water partition coefficient (Wildman–Crippen LogP) is 3.15. The number of hydrogen-bond donors (Lipinski definition) is 0. The van der Waals surface area contributed by atoms with Crippen molar-refractivity contribution in [1.82, 2.24) is 35.0 Å². The van der Waals surface area contributed by atoms with E-state index >= 15 is 0 Å². The number of likely N-dealkylation sites (tertiary alicyclic amines) is 1. The molecule has 1 amide bonds. The van der Waals surface area contributed by atoms with Crippen LogP contribution in [0.4, 0.5) is 5.82 Å². The van der Waals surface area contributed by atoms with Gasteiger partial charge in [-0.25, -0.2) is 9.67 Å². The molecule has 3 atom stereocenters. The van der Waals surface area contributed by atoms with Crippen LogP contribution < -0.4 is 4.90 Å². The summed E-state index contributed by atoms with van der Waals surface area (Å²) in [5.74, 6) is 2.74. The highest BCUT2D eigenvalue weighted by atomic mass is 16.3. The predicted molar refractivity (Wildman–Crippen MR) is 141 cm³/mol. The first kappa shape index (κ1) is 23.1. The zero-order chi connectivity index (χ0) is 25.6. The molecule has 0 spiro atoms. The summed E-state index contributed by atoms with van der Waals surface area (Å²) in [4.78, 5) is 25.2. The molecule has 0 radical (unpaired) electrons. The second-order valence-corrected chi connectivity index (χ2v) is 10.5. The standard InChI is InChI=1S/C28H30N8O2/c1-33-28(30-31-32-33)20-8-12-25(29-15-20)36-21-9-10-22(36)17-34(16-21)18-26(37)35-13-3-2-6-24(35)23-11-7-19-5-4-14-38-27(19)23/h2-5,7-8,11-12,14-15,21-22,24H,6,9-10,13,16-18H2,1H3. The van der Waals surface area contributed by atoms with Gasteiger partial charge in [0.2, 0.25) is 5.91 Å². The average molecular weight is 511 g/mol. The molecule has 2 saturated heterocycles. The Labute approximate surface area is 220 Å². The summed E-state index contributed by atoms with van der Waals surface area (Å²) in [6.07, 6.45) is 10.9. The lowest BCUT2D eigenvalue weighted by Gasteiger charge is -2.42. The molecule has 7 rings (SSSR count). The summed E-state index contributed by atoms with van der Waals surface area (Å²) in [6, 6.07) is 13.0. The van der Waals surface area contributed by atoms with Crippen molar-refractivity contribution < 1.29 is 9.21 Å². The summed E-state index contributed by atoms with van der Waals surface area (Å²) >= 11 is 0. The molecular weight excluding hydrogens is 480 g/mol. The Hall–Kier alpha value is -4.05. The van der Waals surface area contributed by atoms with E-state index in [-0.39, 0.29) is 11.9 Å². The third kappa shape index (κ3) is 3.96. The van der Waals surface area contributed by atoms with Crippen LogP contribution in [0.3, 0.4) is 0 Å². The van der Waals surface area contributed by atoms with E-state index in [9.17, 15) is 4.79 Å². The molecule has 2 aromatic rings. The second kappa shape index (κ2) is 9.36. The maximum atomic E-state index is 13.6. The van der Waals surface area contributed by atoms with Gasteiger partial charge in [0.15, 0.2) is 5.82 Å². The van der Waals surface area contributed by atoms with E-state index in [2.05, 4.69) is 61.7 Å². The van der Waals surface area contributed by atoms with E-state index in [1.54, 1.807) is 10.9 Å². The first-order valence-electron chi connectivity index (χ1n) is 13.3. The van der Waals surface area contributed by atoms with Crippen molar-refractivity contribution in [1.29, 1.82) is 0 Å². The molecule has 2 bridgehead atoms. The monoisotopic (exact) mass is 510 g/mol. The average Bonchev–Trinajstić information content (AvgIpc) is 3.64. The van der Waals surface area contributed by atoms with Gasteiger partial charge in [-0.15, -0.1) is 5.10 Å². The molecule has 0 saturated carbocycles. The van der Waals surface area contributed by atoms with Crippen molar-refractivity contribution in [2.24, 2.45) is 7.05 Å². The van der Waals surface area contributed by atoms with Crippen molar-refractivity contribution in [3.63, 3.8) is 0 Å². The number of aryl methyl sites for hydroxylation is 1. The molecule has 4 aliphatic heterocycles. The number of carbonyl (C=O) groups excluding carboxylic acids is 1. The molecule has 2 fully saturated rings. The first-order chi connectivity index (χ1) is 18.7. The number of piperazine rings is 1. The highest BCUT2D eigenvalue weighted by Gasteiger charge is 2.41. The second-order valence-electron chi connectivity index (χ2n) is 10.5. The van der Waals surface area contributed by atoms with E-state index in [1.807, 2.05) is 30.3 Å². The highest BCUT2D eigenvalue weighted by Crippen LogP contribution is 2.38. The molecule has 0 N–H and O–H groups in total. The molecule has 38 heavy (non-hydrogen) atoms. The minimum Gasteiger partial charge on any atom is -0.464 e. The fourth-order valence-corrected chi connectivity index (χ4v) is 6.44. The molecule has 3 unspecified atom stereocenters. The highest BCUT2D eigenvalue weighted by molar-refractivity contribution is 5.80. The van der Waals surface area contributed by atoms with Gasteiger partial charge in [-0.05, 0) is 54.0 Å².